The largest absolute Gasteiger partial charge is 0.373 e. The van der Waals surface area contributed by atoms with E-state index in [-0.39, 0.29) is 29.0 Å². The minimum absolute atomic E-state index is 0.0692. The van der Waals surface area contributed by atoms with Crippen LogP contribution in [-0.2, 0) is 20.7 Å². The maximum absolute atomic E-state index is 12.5. The van der Waals surface area contributed by atoms with Crippen LogP contribution in [0.25, 0.3) is 0 Å². The van der Waals surface area contributed by atoms with Gasteiger partial charge in [-0.25, -0.2) is 4.98 Å². The average molecular weight is 377 g/mol. The summed E-state index contributed by atoms with van der Waals surface area (Å²) in [5.41, 5.74) is 0.746. The SMILES string of the molecule is CCCOC1(CNC(=O)CC2Sc3ncccc3CC2=O)CCCCC1. The molecule has 1 atom stereocenters. The van der Waals surface area contributed by atoms with Crippen molar-refractivity contribution in [1.29, 1.82) is 0 Å². The molecule has 1 unspecified atom stereocenters. The van der Waals surface area contributed by atoms with Gasteiger partial charge in [-0.05, 0) is 30.9 Å². The number of amides is 1. The van der Waals surface area contributed by atoms with Gasteiger partial charge in [0.25, 0.3) is 0 Å². The minimum atomic E-state index is -0.337. The van der Waals surface area contributed by atoms with E-state index >= 15 is 0 Å². The minimum Gasteiger partial charge on any atom is -0.373 e. The maximum Gasteiger partial charge on any atom is 0.221 e. The smallest absolute Gasteiger partial charge is 0.221 e. The molecular weight excluding hydrogens is 348 g/mol. The molecule has 1 saturated carbocycles. The Morgan fingerprint density at radius 2 is 2.19 bits per heavy atom. The summed E-state index contributed by atoms with van der Waals surface area (Å²) in [6, 6.07) is 3.78. The van der Waals surface area contributed by atoms with Crippen molar-refractivity contribution in [2.45, 2.75) is 74.2 Å². The topological polar surface area (TPSA) is 68.3 Å². The zero-order valence-electron chi connectivity index (χ0n) is 15.5. The number of carbonyl (C=O) groups is 2. The Balaban J connectivity index is 1.54. The molecule has 1 amide bonds. The molecule has 3 rings (SSSR count). The van der Waals surface area contributed by atoms with Crippen LogP contribution in [0.5, 0.6) is 0 Å². The fraction of sp³-hybridized carbons (Fsp3) is 0.650. The van der Waals surface area contributed by atoms with Crippen LogP contribution in [0, 0.1) is 0 Å². The Morgan fingerprint density at radius 1 is 1.38 bits per heavy atom. The van der Waals surface area contributed by atoms with Crippen LogP contribution >= 0.6 is 11.8 Å². The number of rotatable bonds is 7. The highest BCUT2D eigenvalue weighted by molar-refractivity contribution is 8.00. The zero-order chi connectivity index (χ0) is 18.4. The second kappa shape index (κ2) is 9.00. The number of fused-ring (bicyclic) bond motifs is 1. The molecule has 142 valence electrons. The van der Waals surface area contributed by atoms with E-state index in [9.17, 15) is 9.59 Å². The van der Waals surface area contributed by atoms with Gasteiger partial charge < -0.3 is 10.1 Å². The number of carbonyl (C=O) groups excluding carboxylic acids is 2. The van der Waals surface area contributed by atoms with Crippen LogP contribution in [0.1, 0.15) is 57.4 Å². The summed E-state index contributed by atoms with van der Waals surface area (Å²) in [7, 11) is 0. The quantitative estimate of drug-likeness (QED) is 0.791. The summed E-state index contributed by atoms with van der Waals surface area (Å²) in [6.45, 7) is 3.38. The standard InChI is InChI=1S/C20H28N2O3S/c1-2-11-25-20(8-4-3-5-9-20)14-22-18(24)13-17-16(23)12-15-7-6-10-21-19(15)26-17/h6-7,10,17H,2-5,8-9,11-14H2,1H3,(H,22,24). The first kappa shape index (κ1) is 19.4. The molecular formula is C20H28N2O3S. The molecule has 1 fully saturated rings. The third kappa shape index (κ3) is 4.86. The summed E-state index contributed by atoms with van der Waals surface area (Å²) in [5, 5.41) is 3.58. The summed E-state index contributed by atoms with van der Waals surface area (Å²) < 4.78 is 6.13. The van der Waals surface area contributed by atoms with Gasteiger partial charge in [0.15, 0.2) is 5.78 Å². The van der Waals surface area contributed by atoms with Crippen LogP contribution in [0.3, 0.4) is 0 Å². The first-order chi connectivity index (χ1) is 12.6. The van der Waals surface area contributed by atoms with E-state index in [1.165, 1.54) is 18.2 Å². The number of ether oxygens (including phenoxy) is 1. The lowest BCUT2D eigenvalue weighted by molar-refractivity contribution is -0.127. The van der Waals surface area contributed by atoms with Crippen molar-refractivity contribution in [2.24, 2.45) is 0 Å². The molecule has 1 aliphatic heterocycles. The Labute approximate surface area is 159 Å². The highest BCUT2D eigenvalue weighted by Gasteiger charge is 2.34. The molecule has 5 nitrogen and oxygen atoms in total. The van der Waals surface area contributed by atoms with Crippen molar-refractivity contribution in [2.75, 3.05) is 13.2 Å². The highest BCUT2D eigenvalue weighted by atomic mass is 32.2. The van der Waals surface area contributed by atoms with Gasteiger partial charge in [-0.1, -0.05) is 44.0 Å². The van der Waals surface area contributed by atoms with Gasteiger partial charge in [0.2, 0.25) is 5.91 Å². The van der Waals surface area contributed by atoms with Crippen LogP contribution in [-0.4, -0.2) is 40.7 Å². The predicted octanol–water partition coefficient (Wildman–Crippen LogP) is 3.30. The highest BCUT2D eigenvalue weighted by Crippen LogP contribution is 2.34. The van der Waals surface area contributed by atoms with Gasteiger partial charge >= 0.3 is 0 Å². The van der Waals surface area contributed by atoms with Crippen LogP contribution < -0.4 is 5.32 Å². The van der Waals surface area contributed by atoms with Crippen LogP contribution in [0.4, 0.5) is 0 Å². The first-order valence-electron chi connectivity index (χ1n) is 9.66. The number of Topliss-reactive ketones (excluding diaryl/α,β-unsaturated/α-hetero) is 1. The monoisotopic (exact) mass is 376 g/mol. The van der Waals surface area contributed by atoms with Gasteiger partial charge in [0, 0.05) is 32.2 Å². The molecule has 0 bridgehead atoms. The van der Waals surface area contributed by atoms with Crippen molar-refractivity contribution in [3.8, 4) is 0 Å². The zero-order valence-corrected chi connectivity index (χ0v) is 16.3. The number of hydrogen-bond donors (Lipinski definition) is 1. The third-order valence-electron chi connectivity index (χ3n) is 5.18. The van der Waals surface area contributed by atoms with Gasteiger partial charge in [-0.15, -0.1) is 0 Å². The molecule has 6 heteroatoms. The number of pyridine rings is 1. The van der Waals surface area contributed by atoms with Crippen molar-refractivity contribution >= 4 is 23.5 Å². The lowest BCUT2D eigenvalue weighted by Crippen LogP contribution is -2.47. The number of nitrogens with one attached hydrogen (secondary N) is 1. The van der Waals surface area contributed by atoms with Gasteiger partial charge in [0.05, 0.1) is 10.9 Å². The van der Waals surface area contributed by atoms with Crippen LogP contribution in [0.2, 0.25) is 0 Å². The van der Waals surface area contributed by atoms with Crippen molar-refractivity contribution in [1.82, 2.24) is 10.3 Å². The van der Waals surface area contributed by atoms with E-state index in [1.807, 2.05) is 12.1 Å². The molecule has 1 N–H and O–H groups in total. The Bertz CT molecular complexity index is 644. The van der Waals surface area contributed by atoms with Crippen molar-refractivity contribution in [3.63, 3.8) is 0 Å². The second-order valence-electron chi connectivity index (χ2n) is 7.29. The molecule has 1 aromatic rings. The van der Waals surface area contributed by atoms with E-state index in [4.69, 9.17) is 4.74 Å². The summed E-state index contributed by atoms with van der Waals surface area (Å²) >= 11 is 1.42. The number of nitrogens with zero attached hydrogens (tertiary/aromatic N) is 1. The number of ketones is 1. The van der Waals surface area contributed by atoms with Crippen molar-refractivity contribution in [3.05, 3.63) is 23.9 Å². The molecule has 0 spiro atoms. The maximum atomic E-state index is 12.5. The van der Waals surface area contributed by atoms with Gasteiger partial charge in [-0.3, -0.25) is 9.59 Å². The number of thioether (sulfide) groups is 1. The summed E-state index contributed by atoms with van der Waals surface area (Å²) in [5.74, 6) is 0.0422. The molecule has 2 heterocycles. The summed E-state index contributed by atoms with van der Waals surface area (Å²) in [6.07, 6.45) is 8.85. The van der Waals surface area contributed by atoms with Gasteiger partial charge in [-0.2, -0.15) is 0 Å². The lowest BCUT2D eigenvalue weighted by atomic mass is 9.84. The third-order valence-corrected chi connectivity index (χ3v) is 6.49. The second-order valence-corrected chi connectivity index (χ2v) is 8.48. The molecule has 0 saturated heterocycles. The van der Waals surface area contributed by atoms with Crippen LogP contribution in [0.15, 0.2) is 23.4 Å². The molecule has 0 radical (unpaired) electrons. The van der Waals surface area contributed by atoms with Crippen molar-refractivity contribution < 1.29 is 14.3 Å². The van der Waals surface area contributed by atoms with E-state index < -0.39 is 0 Å². The molecule has 1 aromatic heterocycles. The normalized spacial score (nSPS) is 21.9. The number of aromatic nitrogens is 1. The fourth-order valence-electron chi connectivity index (χ4n) is 3.71. The van der Waals surface area contributed by atoms with E-state index in [2.05, 4.69) is 17.2 Å². The lowest BCUT2D eigenvalue weighted by Gasteiger charge is -2.37. The van der Waals surface area contributed by atoms with E-state index in [1.54, 1.807) is 6.20 Å². The molecule has 2 aliphatic rings. The molecule has 1 aliphatic carbocycles. The van der Waals surface area contributed by atoms with E-state index in [0.717, 1.165) is 49.3 Å². The Kier molecular flexibility index (Phi) is 6.70. The predicted molar refractivity (Wildman–Crippen MR) is 102 cm³/mol. The first-order valence-corrected chi connectivity index (χ1v) is 10.5. The fourth-order valence-corrected chi connectivity index (χ4v) is 4.84. The molecule has 0 aromatic carbocycles. The van der Waals surface area contributed by atoms with E-state index in [0.29, 0.717) is 13.0 Å². The number of hydrogen-bond acceptors (Lipinski definition) is 5. The Hall–Kier alpha value is -1.40. The average Bonchev–Trinajstić information content (AvgIpc) is 2.66. The molecule has 26 heavy (non-hydrogen) atoms. The van der Waals surface area contributed by atoms with Gasteiger partial charge in [0.1, 0.15) is 5.03 Å². The summed E-state index contributed by atoms with van der Waals surface area (Å²) in [4.78, 5) is 29.2. The Morgan fingerprint density at radius 3 is 2.96 bits per heavy atom.